The SMILES string of the molecule is C=CCN1C(=O)C2=C3CC(CCC)C(C3)C2C1=O. The summed E-state index contributed by atoms with van der Waals surface area (Å²) in [4.78, 5) is 26.0. The first kappa shape index (κ1) is 11.7. The van der Waals surface area contributed by atoms with E-state index in [4.69, 9.17) is 0 Å². The first-order chi connectivity index (χ1) is 8.69. The van der Waals surface area contributed by atoms with Crippen molar-refractivity contribution < 1.29 is 9.59 Å². The smallest absolute Gasteiger partial charge is 0.257 e. The van der Waals surface area contributed by atoms with E-state index in [0.717, 1.165) is 24.8 Å². The molecule has 3 atom stereocenters. The molecule has 0 aromatic heterocycles. The lowest BCUT2D eigenvalue weighted by Crippen LogP contribution is -2.33. The molecule has 0 spiro atoms. The lowest BCUT2D eigenvalue weighted by Gasteiger charge is -2.24. The molecule has 2 amide bonds. The molecule has 96 valence electrons. The van der Waals surface area contributed by atoms with Crippen molar-refractivity contribution in [1.29, 1.82) is 0 Å². The lowest BCUT2D eigenvalue weighted by atomic mass is 9.78. The van der Waals surface area contributed by atoms with Crippen molar-refractivity contribution in [2.75, 3.05) is 6.54 Å². The van der Waals surface area contributed by atoms with E-state index in [1.807, 2.05) is 0 Å². The molecular formula is C15H19NO2. The van der Waals surface area contributed by atoms with E-state index in [9.17, 15) is 9.59 Å². The maximum absolute atomic E-state index is 12.4. The molecule has 3 unspecified atom stereocenters. The number of rotatable bonds is 4. The van der Waals surface area contributed by atoms with E-state index in [1.54, 1.807) is 6.08 Å². The monoisotopic (exact) mass is 245 g/mol. The van der Waals surface area contributed by atoms with E-state index >= 15 is 0 Å². The van der Waals surface area contributed by atoms with Gasteiger partial charge in [0.05, 0.1) is 5.92 Å². The van der Waals surface area contributed by atoms with Gasteiger partial charge in [-0.1, -0.05) is 31.4 Å². The Morgan fingerprint density at radius 2 is 2.17 bits per heavy atom. The van der Waals surface area contributed by atoms with Crippen LogP contribution < -0.4 is 0 Å². The van der Waals surface area contributed by atoms with Gasteiger partial charge in [0, 0.05) is 12.1 Å². The number of fused-ring (bicyclic) bond motifs is 4. The predicted octanol–water partition coefficient (Wildman–Crippen LogP) is 2.29. The molecule has 0 aromatic rings. The number of hydrogen-bond donors (Lipinski definition) is 0. The Bertz CT molecular complexity index is 463. The van der Waals surface area contributed by atoms with E-state index in [-0.39, 0.29) is 17.7 Å². The van der Waals surface area contributed by atoms with Crippen LogP contribution in [0.25, 0.3) is 0 Å². The fraction of sp³-hybridized carbons (Fsp3) is 0.600. The molecule has 0 aromatic carbocycles. The summed E-state index contributed by atoms with van der Waals surface area (Å²) in [6.45, 7) is 6.17. The molecule has 3 rings (SSSR count). The Morgan fingerprint density at radius 1 is 1.39 bits per heavy atom. The van der Waals surface area contributed by atoms with Gasteiger partial charge in [-0.2, -0.15) is 0 Å². The van der Waals surface area contributed by atoms with Gasteiger partial charge in [-0.15, -0.1) is 6.58 Å². The maximum Gasteiger partial charge on any atom is 0.257 e. The number of allylic oxidation sites excluding steroid dienone is 1. The summed E-state index contributed by atoms with van der Waals surface area (Å²) in [5.74, 6) is 0.895. The minimum atomic E-state index is -0.113. The van der Waals surface area contributed by atoms with Crippen LogP contribution in [0.3, 0.4) is 0 Å². The molecule has 1 heterocycles. The minimum absolute atomic E-state index is 0.0238. The molecule has 3 aliphatic rings. The fourth-order valence-electron chi connectivity index (χ4n) is 4.04. The summed E-state index contributed by atoms with van der Waals surface area (Å²) in [6, 6.07) is 0. The third-order valence-electron chi connectivity index (χ3n) is 4.70. The zero-order chi connectivity index (χ0) is 12.9. The second-order valence-electron chi connectivity index (χ2n) is 5.66. The number of nitrogens with zero attached hydrogens (tertiary/aromatic N) is 1. The Hall–Kier alpha value is -1.38. The van der Waals surface area contributed by atoms with Crippen molar-refractivity contribution in [3.8, 4) is 0 Å². The molecule has 2 aliphatic carbocycles. The topological polar surface area (TPSA) is 37.4 Å². The van der Waals surface area contributed by atoms with Crippen LogP contribution in [-0.4, -0.2) is 23.3 Å². The number of hydrogen-bond acceptors (Lipinski definition) is 2. The van der Waals surface area contributed by atoms with Gasteiger partial charge in [-0.25, -0.2) is 0 Å². The molecule has 2 bridgehead atoms. The summed E-state index contributed by atoms with van der Waals surface area (Å²) >= 11 is 0. The normalized spacial score (nSPS) is 33.6. The highest BCUT2D eigenvalue weighted by Gasteiger charge is 2.56. The Morgan fingerprint density at radius 3 is 2.83 bits per heavy atom. The second-order valence-corrected chi connectivity index (χ2v) is 5.66. The van der Waals surface area contributed by atoms with E-state index in [0.29, 0.717) is 18.4 Å². The van der Waals surface area contributed by atoms with Gasteiger partial charge < -0.3 is 0 Å². The fourth-order valence-corrected chi connectivity index (χ4v) is 4.04. The molecule has 3 heteroatoms. The molecule has 0 radical (unpaired) electrons. The zero-order valence-electron chi connectivity index (χ0n) is 10.8. The molecular weight excluding hydrogens is 226 g/mol. The maximum atomic E-state index is 12.4. The third-order valence-corrected chi connectivity index (χ3v) is 4.70. The van der Waals surface area contributed by atoms with Crippen LogP contribution in [0.5, 0.6) is 0 Å². The highest BCUT2D eigenvalue weighted by molar-refractivity contribution is 6.16. The Balaban J connectivity index is 1.93. The molecule has 1 aliphatic heterocycles. The zero-order valence-corrected chi connectivity index (χ0v) is 10.8. The van der Waals surface area contributed by atoms with Crippen LogP contribution in [0.4, 0.5) is 0 Å². The molecule has 0 N–H and O–H groups in total. The summed E-state index contributed by atoms with van der Waals surface area (Å²) in [5, 5.41) is 0. The summed E-state index contributed by atoms with van der Waals surface area (Å²) in [5.41, 5.74) is 2.12. The van der Waals surface area contributed by atoms with Gasteiger partial charge in [0.1, 0.15) is 0 Å². The second kappa shape index (κ2) is 4.08. The van der Waals surface area contributed by atoms with Crippen LogP contribution in [0, 0.1) is 17.8 Å². The molecule has 1 saturated carbocycles. The Kier molecular flexibility index (Phi) is 2.65. The van der Waals surface area contributed by atoms with E-state index in [1.165, 1.54) is 16.9 Å². The van der Waals surface area contributed by atoms with Crippen LogP contribution in [0.1, 0.15) is 32.6 Å². The van der Waals surface area contributed by atoms with Crippen LogP contribution in [0.15, 0.2) is 23.8 Å². The van der Waals surface area contributed by atoms with Crippen LogP contribution in [0.2, 0.25) is 0 Å². The number of imide groups is 1. The summed E-state index contributed by atoms with van der Waals surface area (Å²) in [7, 11) is 0. The average molecular weight is 245 g/mol. The van der Waals surface area contributed by atoms with Crippen molar-refractivity contribution in [3.63, 3.8) is 0 Å². The first-order valence-corrected chi connectivity index (χ1v) is 6.87. The number of carbonyl (C=O) groups is 2. The number of amides is 2. The van der Waals surface area contributed by atoms with Crippen molar-refractivity contribution in [1.82, 2.24) is 4.90 Å². The van der Waals surface area contributed by atoms with Gasteiger partial charge in [0.15, 0.2) is 0 Å². The highest BCUT2D eigenvalue weighted by Crippen LogP contribution is 2.56. The predicted molar refractivity (Wildman–Crippen MR) is 68.6 cm³/mol. The van der Waals surface area contributed by atoms with Gasteiger partial charge in [-0.05, 0) is 24.7 Å². The van der Waals surface area contributed by atoms with Gasteiger partial charge in [0.25, 0.3) is 5.91 Å². The molecule has 1 saturated heterocycles. The largest absolute Gasteiger partial charge is 0.274 e. The van der Waals surface area contributed by atoms with Crippen molar-refractivity contribution in [3.05, 3.63) is 23.8 Å². The quantitative estimate of drug-likeness (QED) is 0.563. The molecule has 2 fully saturated rings. The molecule has 3 nitrogen and oxygen atoms in total. The van der Waals surface area contributed by atoms with Gasteiger partial charge in [0.2, 0.25) is 5.91 Å². The highest BCUT2D eigenvalue weighted by atomic mass is 16.2. The van der Waals surface area contributed by atoms with Gasteiger partial charge in [-0.3, -0.25) is 14.5 Å². The minimum Gasteiger partial charge on any atom is -0.274 e. The van der Waals surface area contributed by atoms with Crippen molar-refractivity contribution in [2.45, 2.75) is 32.6 Å². The lowest BCUT2D eigenvalue weighted by molar-refractivity contribution is -0.139. The van der Waals surface area contributed by atoms with E-state index < -0.39 is 0 Å². The van der Waals surface area contributed by atoms with Crippen LogP contribution in [-0.2, 0) is 9.59 Å². The first-order valence-electron chi connectivity index (χ1n) is 6.87. The third kappa shape index (κ3) is 1.36. The van der Waals surface area contributed by atoms with E-state index in [2.05, 4.69) is 13.5 Å². The number of carbonyl (C=O) groups excluding carboxylic acids is 2. The average Bonchev–Trinajstić information content (AvgIpc) is 2.97. The van der Waals surface area contributed by atoms with Crippen molar-refractivity contribution >= 4 is 11.8 Å². The van der Waals surface area contributed by atoms with Crippen LogP contribution >= 0.6 is 0 Å². The number of likely N-dealkylation sites (tertiary alicyclic amines) is 1. The Labute approximate surface area is 108 Å². The summed E-state index contributed by atoms with van der Waals surface area (Å²) in [6.07, 6.45) is 6.01. The van der Waals surface area contributed by atoms with Crippen molar-refractivity contribution in [2.24, 2.45) is 17.8 Å². The summed E-state index contributed by atoms with van der Waals surface area (Å²) < 4.78 is 0. The molecule has 18 heavy (non-hydrogen) atoms. The standard InChI is InChI=1S/C15H19NO2/c1-3-5-9-7-10-8-11(9)13-12(10)14(17)16(6-4-2)15(13)18/h4,9,11,13H,2-3,5-8H2,1H3. The van der Waals surface area contributed by atoms with Gasteiger partial charge >= 0.3 is 0 Å².